The van der Waals surface area contributed by atoms with E-state index in [-0.39, 0.29) is 0 Å². The topological polar surface area (TPSA) is 42.2 Å². The molecule has 1 aromatic rings. The lowest BCUT2D eigenvalue weighted by molar-refractivity contribution is 0.109. The Kier molecular flexibility index (Phi) is 6.19. The van der Waals surface area contributed by atoms with Crippen LogP contribution in [0.3, 0.4) is 0 Å². The van der Waals surface area contributed by atoms with Crippen molar-refractivity contribution in [2.24, 2.45) is 17.6 Å². The zero-order valence-electron chi connectivity index (χ0n) is 13.9. The van der Waals surface area contributed by atoms with E-state index in [4.69, 9.17) is 5.73 Å². The summed E-state index contributed by atoms with van der Waals surface area (Å²) in [5.74, 6) is 1.66. The van der Waals surface area contributed by atoms with Gasteiger partial charge in [-0.1, -0.05) is 32.8 Å². The van der Waals surface area contributed by atoms with Gasteiger partial charge in [0, 0.05) is 24.8 Å². The predicted octanol–water partition coefficient (Wildman–Crippen LogP) is 3.37. The number of rotatable bonds is 6. The quantitative estimate of drug-likeness (QED) is 0.873. The van der Waals surface area contributed by atoms with E-state index in [2.05, 4.69) is 48.9 Å². The number of hydrogen-bond acceptors (Lipinski definition) is 3. The highest BCUT2D eigenvalue weighted by Gasteiger charge is 2.29. The minimum Gasteiger partial charge on any atom is -0.329 e. The Morgan fingerprint density at radius 2 is 2.00 bits per heavy atom. The normalized spacial score (nSPS) is 24.2. The van der Waals surface area contributed by atoms with Gasteiger partial charge in [-0.05, 0) is 50.3 Å². The van der Waals surface area contributed by atoms with E-state index < -0.39 is 0 Å². The van der Waals surface area contributed by atoms with Crippen LogP contribution in [0.4, 0.5) is 0 Å². The Balaban J connectivity index is 2.03. The highest BCUT2D eigenvalue weighted by atomic mass is 15.2. The highest BCUT2D eigenvalue weighted by molar-refractivity contribution is 5.10. The fraction of sp³-hybridized carbons (Fsp3) is 0.722. The Bertz CT molecular complexity index is 424. The van der Waals surface area contributed by atoms with Crippen molar-refractivity contribution in [3.63, 3.8) is 0 Å². The van der Waals surface area contributed by atoms with E-state index in [1.54, 1.807) is 0 Å². The molecule has 0 saturated heterocycles. The average Bonchev–Trinajstić information content (AvgIpc) is 2.49. The molecule has 1 aromatic heterocycles. The van der Waals surface area contributed by atoms with E-state index in [0.717, 1.165) is 37.2 Å². The number of aryl methyl sites for hydroxylation is 1. The number of likely N-dealkylation sites (N-methyl/N-ethyl adjacent to an activating group) is 1. The van der Waals surface area contributed by atoms with Crippen LogP contribution in [0.25, 0.3) is 0 Å². The van der Waals surface area contributed by atoms with Gasteiger partial charge in [0.1, 0.15) is 0 Å². The van der Waals surface area contributed by atoms with Crippen molar-refractivity contribution in [3.05, 3.63) is 29.6 Å². The van der Waals surface area contributed by atoms with E-state index in [1.807, 2.05) is 0 Å². The molecule has 0 bridgehead atoms. The largest absolute Gasteiger partial charge is 0.329 e. The fourth-order valence-electron chi connectivity index (χ4n) is 3.67. The maximum Gasteiger partial charge on any atom is 0.0547 e. The molecule has 0 amide bonds. The lowest BCUT2D eigenvalue weighted by atomic mass is 9.78. The maximum atomic E-state index is 6.14. The third-order valence-electron chi connectivity index (χ3n) is 5.03. The summed E-state index contributed by atoms with van der Waals surface area (Å²) in [5.41, 5.74) is 8.40. The fourth-order valence-corrected chi connectivity index (χ4v) is 3.67. The smallest absolute Gasteiger partial charge is 0.0547 e. The lowest BCUT2D eigenvalue weighted by Gasteiger charge is -2.39. The monoisotopic (exact) mass is 289 g/mol. The van der Waals surface area contributed by atoms with Gasteiger partial charge in [0.05, 0.1) is 5.69 Å². The van der Waals surface area contributed by atoms with Crippen molar-refractivity contribution < 1.29 is 0 Å². The molecule has 1 heterocycles. The zero-order valence-corrected chi connectivity index (χ0v) is 13.9. The van der Waals surface area contributed by atoms with Crippen LogP contribution in [0, 0.1) is 18.8 Å². The predicted molar refractivity (Wildman–Crippen MR) is 89.0 cm³/mol. The molecule has 118 valence electrons. The molecule has 0 spiro atoms. The van der Waals surface area contributed by atoms with Gasteiger partial charge < -0.3 is 5.73 Å². The van der Waals surface area contributed by atoms with Gasteiger partial charge in [-0.3, -0.25) is 9.88 Å². The second-order valence-corrected chi connectivity index (χ2v) is 6.66. The molecule has 2 N–H and O–H groups in total. The Labute approximate surface area is 129 Å². The minimum absolute atomic E-state index is 0.504. The number of nitrogens with two attached hydrogens (primary N) is 1. The molecule has 1 unspecified atom stereocenters. The molecule has 1 saturated carbocycles. The average molecular weight is 289 g/mol. The van der Waals surface area contributed by atoms with Crippen LogP contribution in [-0.4, -0.2) is 29.0 Å². The molecular formula is C18H31N3. The summed E-state index contributed by atoms with van der Waals surface area (Å²) < 4.78 is 0. The van der Waals surface area contributed by atoms with Crippen LogP contribution >= 0.6 is 0 Å². The van der Waals surface area contributed by atoms with Gasteiger partial charge in [0.2, 0.25) is 0 Å². The molecule has 1 atom stereocenters. The number of pyridine rings is 1. The summed E-state index contributed by atoms with van der Waals surface area (Å²) in [6, 6.07) is 6.80. The van der Waals surface area contributed by atoms with Crippen molar-refractivity contribution in [1.82, 2.24) is 9.88 Å². The number of nitrogens with zero attached hydrogens (tertiary/aromatic N) is 2. The minimum atomic E-state index is 0.504. The van der Waals surface area contributed by atoms with Gasteiger partial charge >= 0.3 is 0 Å². The molecular weight excluding hydrogens is 258 g/mol. The molecule has 1 aliphatic rings. The third kappa shape index (κ3) is 4.52. The Morgan fingerprint density at radius 3 is 2.57 bits per heavy atom. The molecule has 0 radical (unpaired) electrons. The Hall–Kier alpha value is -0.930. The van der Waals surface area contributed by atoms with Crippen LogP contribution < -0.4 is 5.73 Å². The maximum absolute atomic E-state index is 6.14. The van der Waals surface area contributed by atoms with E-state index >= 15 is 0 Å². The summed E-state index contributed by atoms with van der Waals surface area (Å²) >= 11 is 0. The van der Waals surface area contributed by atoms with Crippen molar-refractivity contribution in [2.75, 3.05) is 13.1 Å². The zero-order chi connectivity index (χ0) is 15.2. The molecule has 21 heavy (non-hydrogen) atoms. The molecule has 0 aliphatic heterocycles. The van der Waals surface area contributed by atoms with E-state index in [0.29, 0.717) is 6.04 Å². The van der Waals surface area contributed by atoms with Crippen molar-refractivity contribution in [1.29, 1.82) is 0 Å². The summed E-state index contributed by atoms with van der Waals surface area (Å²) in [6.07, 6.45) is 5.39. The molecule has 3 heteroatoms. The lowest BCUT2D eigenvalue weighted by Crippen LogP contribution is -2.46. The first-order chi connectivity index (χ1) is 10.1. The van der Waals surface area contributed by atoms with Crippen molar-refractivity contribution >= 4 is 0 Å². The van der Waals surface area contributed by atoms with Crippen LogP contribution in [0.5, 0.6) is 0 Å². The van der Waals surface area contributed by atoms with E-state index in [1.165, 1.54) is 31.4 Å². The molecule has 0 aromatic carbocycles. The molecule has 1 aliphatic carbocycles. The van der Waals surface area contributed by atoms with Gasteiger partial charge in [-0.25, -0.2) is 0 Å². The van der Waals surface area contributed by atoms with E-state index in [9.17, 15) is 0 Å². The molecule has 2 rings (SSSR count). The van der Waals surface area contributed by atoms with Crippen molar-refractivity contribution in [3.8, 4) is 0 Å². The summed E-state index contributed by atoms with van der Waals surface area (Å²) in [4.78, 5) is 7.18. The molecule has 3 nitrogen and oxygen atoms in total. The van der Waals surface area contributed by atoms with Crippen LogP contribution in [0.2, 0.25) is 0 Å². The van der Waals surface area contributed by atoms with Gasteiger partial charge in [0.25, 0.3) is 0 Å². The Morgan fingerprint density at radius 1 is 1.29 bits per heavy atom. The summed E-state index contributed by atoms with van der Waals surface area (Å²) in [7, 11) is 0. The van der Waals surface area contributed by atoms with Gasteiger partial charge in [-0.2, -0.15) is 0 Å². The number of aromatic nitrogens is 1. The van der Waals surface area contributed by atoms with Gasteiger partial charge in [-0.15, -0.1) is 0 Å². The third-order valence-corrected chi connectivity index (χ3v) is 5.03. The SMILES string of the molecule is CCN(Cc1cccc(C)n1)C(CN)C1CCC(C)CC1. The molecule has 1 fully saturated rings. The van der Waals surface area contributed by atoms with Gasteiger partial charge in [0.15, 0.2) is 0 Å². The second kappa shape index (κ2) is 7.90. The summed E-state index contributed by atoms with van der Waals surface area (Å²) in [6.45, 7) is 9.41. The first-order valence-electron chi connectivity index (χ1n) is 8.50. The van der Waals surface area contributed by atoms with Crippen LogP contribution in [0.1, 0.15) is 50.9 Å². The highest BCUT2D eigenvalue weighted by Crippen LogP contribution is 2.32. The van der Waals surface area contributed by atoms with Crippen LogP contribution in [-0.2, 0) is 6.54 Å². The first kappa shape index (κ1) is 16.4. The summed E-state index contributed by atoms with van der Waals surface area (Å²) in [5, 5.41) is 0. The first-order valence-corrected chi connectivity index (χ1v) is 8.50. The van der Waals surface area contributed by atoms with Crippen LogP contribution in [0.15, 0.2) is 18.2 Å². The number of hydrogen-bond donors (Lipinski definition) is 1. The van der Waals surface area contributed by atoms with Crippen molar-refractivity contribution in [2.45, 2.75) is 59.0 Å². The standard InChI is InChI=1S/C18H31N3/c1-4-21(13-17-7-5-6-15(3)20-17)18(12-19)16-10-8-14(2)9-11-16/h5-7,14,16,18H,4,8-13,19H2,1-3H3. The second-order valence-electron chi connectivity index (χ2n) is 6.66.